The molecule has 1 aromatic carbocycles. The molecule has 0 atom stereocenters. The maximum absolute atomic E-state index is 14.3. The monoisotopic (exact) mass is 518 g/mol. The lowest BCUT2D eigenvalue weighted by molar-refractivity contribution is -0.0246. The van der Waals surface area contributed by atoms with Crippen molar-refractivity contribution in [2.45, 2.75) is 84.7 Å². The molecule has 2 aliphatic rings. The Bertz CT molecular complexity index is 1080. The molecule has 4 rings (SSSR count). The fourth-order valence-corrected chi connectivity index (χ4v) is 5.94. The van der Waals surface area contributed by atoms with Crippen LogP contribution < -0.4 is 9.64 Å². The van der Waals surface area contributed by atoms with E-state index in [0.717, 1.165) is 44.8 Å². The first kappa shape index (κ1) is 27.2. The highest BCUT2D eigenvalue weighted by atomic mass is 19.3. The van der Waals surface area contributed by atoms with E-state index < -0.39 is 24.1 Å². The molecule has 1 aliphatic carbocycles. The number of aromatic nitrogens is 2. The smallest absolute Gasteiger partial charge is 0.258 e. The van der Waals surface area contributed by atoms with Crippen LogP contribution in [0.5, 0.6) is 11.5 Å². The van der Waals surface area contributed by atoms with Gasteiger partial charge in [-0.3, -0.25) is 4.79 Å². The van der Waals surface area contributed by atoms with Crippen LogP contribution in [0.3, 0.4) is 0 Å². The van der Waals surface area contributed by atoms with Crippen molar-refractivity contribution in [3.05, 3.63) is 42.1 Å². The molecule has 37 heavy (non-hydrogen) atoms. The zero-order valence-corrected chi connectivity index (χ0v) is 22.1. The summed E-state index contributed by atoms with van der Waals surface area (Å²) >= 11 is 0. The molecule has 1 aliphatic heterocycles. The normalized spacial score (nSPS) is 20.5. The second kappa shape index (κ2) is 11.3. The molecule has 1 saturated carbocycles. The Hall–Kier alpha value is -2.84. The van der Waals surface area contributed by atoms with Crippen LogP contribution in [-0.2, 0) is 0 Å². The molecule has 1 amide bonds. The van der Waals surface area contributed by atoms with Crippen molar-refractivity contribution in [3.63, 3.8) is 0 Å². The summed E-state index contributed by atoms with van der Waals surface area (Å²) < 4.78 is 46.7. The predicted molar refractivity (Wildman–Crippen MR) is 137 cm³/mol. The Morgan fingerprint density at radius 2 is 1.84 bits per heavy atom. The van der Waals surface area contributed by atoms with E-state index in [1.807, 2.05) is 13.8 Å². The molecule has 0 bridgehead atoms. The van der Waals surface area contributed by atoms with Crippen LogP contribution in [0, 0.1) is 17.2 Å². The SMILES string of the molecule is CCCC1(CCC)CN(c2ncncc2Oc2ccc(F)cc2C(=O)N(C(C)C)C2CC(C(F)F)C2)C1. The number of carbonyl (C=O) groups is 1. The maximum Gasteiger partial charge on any atom is 0.258 e. The number of anilines is 1. The lowest BCUT2D eigenvalue weighted by Gasteiger charge is -2.51. The van der Waals surface area contributed by atoms with Gasteiger partial charge in [0.15, 0.2) is 11.6 Å². The van der Waals surface area contributed by atoms with Gasteiger partial charge in [-0.25, -0.2) is 23.1 Å². The second-order valence-electron chi connectivity index (χ2n) is 10.8. The van der Waals surface area contributed by atoms with E-state index in [9.17, 15) is 18.0 Å². The average Bonchev–Trinajstić information content (AvgIpc) is 2.80. The number of benzene rings is 1. The van der Waals surface area contributed by atoms with Crippen molar-refractivity contribution < 1.29 is 22.7 Å². The number of amides is 1. The summed E-state index contributed by atoms with van der Waals surface area (Å²) in [5.41, 5.74) is 0.318. The minimum absolute atomic E-state index is 0.0546. The van der Waals surface area contributed by atoms with Gasteiger partial charge in [0.2, 0.25) is 6.43 Å². The first-order chi connectivity index (χ1) is 17.7. The molecule has 0 spiro atoms. The largest absolute Gasteiger partial charge is 0.451 e. The number of hydrogen-bond acceptors (Lipinski definition) is 5. The van der Waals surface area contributed by atoms with Gasteiger partial charge in [0.25, 0.3) is 5.91 Å². The van der Waals surface area contributed by atoms with Crippen LogP contribution in [0.4, 0.5) is 19.0 Å². The van der Waals surface area contributed by atoms with Gasteiger partial charge in [-0.2, -0.15) is 0 Å². The molecule has 1 saturated heterocycles. The second-order valence-corrected chi connectivity index (χ2v) is 10.8. The number of rotatable bonds is 11. The van der Waals surface area contributed by atoms with E-state index in [-0.39, 0.29) is 41.7 Å². The molecule has 2 heterocycles. The van der Waals surface area contributed by atoms with E-state index >= 15 is 0 Å². The molecule has 6 nitrogen and oxygen atoms in total. The van der Waals surface area contributed by atoms with Crippen molar-refractivity contribution >= 4 is 11.7 Å². The fraction of sp³-hybridized carbons (Fsp3) is 0.607. The minimum Gasteiger partial charge on any atom is -0.451 e. The standard InChI is InChI=1S/C28H37F3N4O2/c1-5-9-28(10-6-2)15-34(16-28)26-24(14-32-17-33-26)37-23-8-7-20(29)13-22(23)27(36)35(18(3)4)21-11-19(12-21)25(30)31/h7-8,13-14,17-19,21,25H,5-6,9-12,15-16H2,1-4H3. The lowest BCUT2D eigenvalue weighted by Crippen LogP contribution is -2.56. The van der Waals surface area contributed by atoms with Crippen molar-refractivity contribution in [3.8, 4) is 11.5 Å². The summed E-state index contributed by atoms with van der Waals surface area (Å²) in [5.74, 6) is -0.506. The number of halogens is 3. The van der Waals surface area contributed by atoms with E-state index in [1.54, 1.807) is 11.1 Å². The first-order valence-corrected chi connectivity index (χ1v) is 13.3. The summed E-state index contributed by atoms with van der Waals surface area (Å²) in [4.78, 5) is 25.9. The van der Waals surface area contributed by atoms with Crippen molar-refractivity contribution in [1.29, 1.82) is 0 Å². The summed E-state index contributed by atoms with van der Waals surface area (Å²) in [6.07, 6.45) is 5.61. The molecule has 0 radical (unpaired) electrons. The predicted octanol–water partition coefficient (Wildman–Crippen LogP) is 6.71. The van der Waals surface area contributed by atoms with E-state index in [4.69, 9.17) is 4.74 Å². The Kier molecular flexibility index (Phi) is 8.29. The third kappa shape index (κ3) is 5.70. The Morgan fingerprint density at radius 3 is 2.43 bits per heavy atom. The third-order valence-corrected chi connectivity index (χ3v) is 7.65. The molecular formula is C28H37F3N4O2. The molecule has 202 valence electrons. The van der Waals surface area contributed by atoms with Crippen molar-refractivity contribution in [2.75, 3.05) is 18.0 Å². The third-order valence-electron chi connectivity index (χ3n) is 7.65. The first-order valence-electron chi connectivity index (χ1n) is 13.3. The van der Waals surface area contributed by atoms with Gasteiger partial charge < -0.3 is 14.5 Å². The van der Waals surface area contributed by atoms with Gasteiger partial charge in [0.1, 0.15) is 17.9 Å². The summed E-state index contributed by atoms with van der Waals surface area (Å²) in [7, 11) is 0. The molecular weight excluding hydrogens is 481 g/mol. The highest BCUT2D eigenvalue weighted by molar-refractivity contribution is 5.97. The van der Waals surface area contributed by atoms with Gasteiger partial charge in [0.05, 0.1) is 11.8 Å². The van der Waals surface area contributed by atoms with Gasteiger partial charge in [0, 0.05) is 36.5 Å². The molecule has 2 aromatic rings. The number of hydrogen-bond donors (Lipinski definition) is 0. The Balaban J connectivity index is 1.57. The van der Waals surface area contributed by atoms with Gasteiger partial charge in [-0.15, -0.1) is 0 Å². The van der Waals surface area contributed by atoms with E-state index in [1.165, 1.54) is 18.5 Å². The molecule has 1 aromatic heterocycles. The van der Waals surface area contributed by atoms with Crippen LogP contribution in [0.1, 0.15) is 76.6 Å². The van der Waals surface area contributed by atoms with E-state index in [0.29, 0.717) is 11.6 Å². The zero-order chi connectivity index (χ0) is 26.7. The van der Waals surface area contributed by atoms with Crippen LogP contribution in [0.15, 0.2) is 30.7 Å². The van der Waals surface area contributed by atoms with E-state index in [2.05, 4.69) is 28.7 Å². The maximum atomic E-state index is 14.3. The number of ether oxygens (including phenoxy) is 1. The van der Waals surface area contributed by atoms with Gasteiger partial charge in [-0.05, 0) is 57.7 Å². The van der Waals surface area contributed by atoms with Crippen molar-refractivity contribution in [2.24, 2.45) is 11.3 Å². The van der Waals surface area contributed by atoms with Crippen LogP contribution >= 0.6 is 0 Å². The Morgan fingerprint density at radius 1 is 1.16 bits per heavy atom. The topological polar surface area (TPSA) is 58.6 Å². The summed E-state index contributed by atoms with van der Waals surface area (Å²) in [5, 5.41) is 0. The van der Waals surface area contributed by atoms with Crippen molar-refractivity contribution in [1.82, 2.24) is 14.9 Å². The summed E-state index contributed by atoms with van der Waals surface area (Å²) in [6.45, 7) is 9.80. The lowest BCUT2D eigenvalue weighted by atomic mass is 9.72. The minimum atomic E-state index is -2.40. The quantitative estimate of drug-likeness (QED) is 0.331. The average molecular weight is 519 g/mol. The highest BCUT2D eigenvalue weighted by Crippen LogP contribution is 2.45. The highest BCUT2D eigenvalue weighted by Gasteiger charge is 2.44. The van der Waals surface area contributed by atoms with Crippen LogP contribution in [0.2, 0.25) is 0 Å². The molecule has 0 N–H and O–H groups in total. The Labute approximate surface area is 217 Å². The molecule has 9 heteroatoms. The number of nitrogens with zero attached hydrogens (tertiary/aromatic N) is 4. The number of alkyl halides is 2. The molecule has 0 unspecified atom stereocenters. The van der Waals surface area contributed by atoms with Gasteiger partial charge >= 0.3 is 0 Å². The van der Waals surface area contributed by atoms with Crippen LogP contribution in [0.25, 0.3) is 0 Å². The van der Waals surface area contributed by atoms with Crippen LogP contribution in [-0.4, -0.2) is 52.4 Å². The number of carbonyl (C=O) groups excluding carboxylic acids is 1. The zero-order valence-electron chi connectivity index (χ0n) is 22.1. The van der Waals surface area contributed by atoms with Gasteiger partial charge in [-0.1, -0.05) is 26.7 Å². The summed E-state index contributed by atoms with van der Waals surface area (Å²) in [6, 6.07) is 3.26. The fourth-order valence-electron chi connectivity index (χ4n) is 5.94. The molecule has 2 fully saturated rings.